The maximum Gasteiger partial charge on any atom is 0.125 e. The molecular weight excluding hydrogens is 799 g/mol. The SMILES string of the molecule is COc1c(C)ccc(P(c2ccc(C)c(OC)c2C)c2ccc3ccccc3c2-c2c(P(c3ccc(C)c(OC)c3C)c3ccc(C)c(OC)c3C)ccc3ccccc23)c1C. The molecule has 0 atom stereocenters. The van der Waals surface area contributed by atoms with E-state index in [-0.39, 0.29) is 0 Å². The molecule has 6 heteroatoms. The summed E-state index contributed by atoms with van der Waals surface area (Å²) >= 11 is 0. The lowest BCUT2D eigenvalue weighted by Gasteiger charge is -2.31. The molecule has 0 aliphatic heterocycles. The van der Waals surface area contributed by atoms with Crippen molar-refractivity contribution in [3.05, 3.63) is 166 Å². The van der Waals surface area contributed by atoms with Gasteiger partial charge in [0.1, 0.15) is 23.0 Å². The number of hydrogen-bond donors (Lipinski definition) is 0. The predicted molar refractivity (Wildman–Crippen MR) is 268 cm³/mol. The molecule has 8 rings (SSSR count). The number of ether oxygens (including phenoxy) is 4. The molecular formula is C56H56O4P2. The summed E-state index contributed by atoms with van der Waals surface area (Å²) in [6.07, 6.45) is 0. The molecule has 0 saturated carbocycles. The lowest BCUT2D eigenvalue weighted by atomic mass is 9.93. The van der Waals surface area contributed by atoms with E-state index in [1.54, 1.807) is 28.4 Å². The number of aryl methyl sites for hydroxylation is 4. The molecule has 0 saturated heterocycles. The number of fused-ring (bicyclic) bond motifs is 2. The second-order valence-electron chi connectivity index (χ2n) is 16.3. The van der Waals surface area contributed by atoms with Crippen LogP contribution in [0.5, 0.6) is 23.0 Å². The first kappa shape index (κ1) is 43.0. The zero-order chi connectivity index (χ0) is 44.0. The van der Waals surface area contributed by atoms with Gasteiger partial charge in [0.25, 0.3) is 0 Å². The third-order valence-electron chi connectivity index (χ3n) is 12.6. The molecule has 8 aromatic carbocycles. The lowest BCUT2D eigenvalue weighted by molar-refractivity contribution is 0.409. The van der Waals surface area contributed by atoms with E-state index in [9.17, 15) is 0 Å². The maximum absolute atomic E-state index is 6.17. The van der Waals surface area contributed by atoms with Crippen LogP contribution in [0.3, 0.4) is 0 Å². The van der Waals surface area contributed by atoms with Crippen LogP contribution in [0.4, 0.5) is 0 Å². The van der Waals surface area contributed by atoms with E-state index < -0.39 is 15.8 Å². The molecule has 4 nitrogen and oxygen atoms in total. The Morgan fingerprint density at radius 3 is 0.823 bits per heavy atom. The highest BCUT2D eigenvalue weighted by molar-refractivity contribution is 7.81. The molecule has 0 aliphatic carbocycles. The van der Waals surface area contributed by atoms with Crippen molar-refractivity contribution >= 4 is 69.2 Å². The first-order valence-corrected chi connectivity index (χ1v) is 23.8. The summed E-state index contributed by atoms with van der Waals surface area (Å²) in [4.78, 5) is 0. The third kappa shape index (κ3) is 7.22. The second-order valence-corrected chi connectivity index (χ2v) is 20.5. The minimum absolute atomic E-state index is 0.927. The van der Waals surface area contributed by atoms with Crippen molar-refractivity contribution < 1.29 is 18.9 Å². The summed E-state index contributed by atoms with van der Waals surface area (Å²) in [5.74, 6) is 3.71. The Balaban J connectivity index is 1.60. The van der Waals surface area contributed by atoms with Gasteiger partial charge in [-0.2, -0.15) is 0 Å². The fourth-order valence-electron chi connectivity index (χ4n) is 9.69. The van der Waals surface area contributed by atoms with Crippen LogP contribution in [-0.2, 0) is 0 Å². The van der Waals surface area contributed by atoms with Crippen LogP contribution in [0, 0.1) is 55.4 Å². The Hall–Kier alpha value is -5.66. The Kier molecular flexibility index (Phi) is 12.2. The topological polar surface area (TPSA) is 36.9 Å². The van der Waals surface area contributed by atoms with Crippen LogP contribution in [0.2, 0.25) is 0 Å². The molecule has 0 N–H and O–H groups in total. The summed E-state index contributed by atoms with van der Waals surface area (Å²) in [6, 6.07) is 45.5. The standard InChI is InChI=1S/C56H56O4P2/c1-33-21-27-45(37(5)53(33)57-9)61(46-28-22-34(2)54(58-10)38(46)6)49-31-25-41-17-13-15-19-43(41)51(49)52-44-20-16-14-18-42(44)26-32-50(52)62(47-29-23-35(3)55(59-11)39(47)7)48-30-24-36(4)56(60-12)40(48)8/h13-32H,1-12H3. The fourth-order valence-corrected chi connectivity index (χ4v) is 15.2. The minimum Gasteiger partial charge on any atom is -0.496 e. The van der Waals surface area contributed by atoms with Crippen LogP contribution < -0.4 is 50.8 Å². The Morgan fingerprint density at radius 1 is 0.290 bits per heavy atom. The Bertz CT molecular complexity index is 2700. The van der Waals surface area contributed by atoms with Crippen molar-refractivity contribution in [1.29, 1.82) is 0 Å². The predicted octanol–water partition coefficient (Wildman–Crippen LogP) is 11.7. The summed E-state index contributed by atoms with van der Waals surface area (Å²) < 4.78 is 24.7. The highest BCUT2D eigenvalue weighted by atomic mass is 31.1. The molecule has 0 spiro atoms. The third-order valence-corrected chi connectivity index (χ3v) is 18.2. The number of rotatable bonds is 11. The Morgan fingerprint density at radius 2 is 0.548 bits per heavy atom. The molecule has 0 fully saturated rings. The quantitative estimate of drug-likeness (QED) is 0.121. The van der Waals surface area contributed by atoms with Gasteiger partial charge in [0.05, 0.1) is 28.4 Å². The van der Waals surface area contributed by atoms with Gasteiger partial charge in [-0.3, -0.25) is 0 Å². The van der Waals surface area contributed by atoms with E-state index in [0.29, 0.717) is 0 Å². The second kappa shape index (κ2) is 17.6. The molecule has 0 aromatic heterocycles. The highest BCUT2D eigenvalue weighted by Gasteiger charge is 2.32. The monoisotopic (exact) mass is 854 g/mol. The average Bonchev–Trinajstić information content (AvgIpc) is 3.27. The molecule has 0 bridgehead atoms. The van der Waals surface area contributed by atoms with Crippen LogP contribution in [0.25, 0.3) is 32.7 Å². The van der Waals surface area contributed by atoms with Crippen LogP contribution in [-0.4, -0.2) is 28.4 Å². The molecule has 0 aliphatic rings. The number of benzene rings is 8. The van der Waals surface area contributed by atoms with E-state index >= 15 is 0 Å². The summed E-state index contributed by atoms with van der Waals surface area (Å²) in [7, 11) is 4.76. The molecule has 0 unspecified atom stereocenters. The van der Waals surface area contributed by atoms with Gasteiger partial charge in [-0.15, -0.1) is 0 Å². The van der Waals surface area contributed by atoms with Gasteiger partial charge in [0, 0.05) is 0 Å². The maximum atomic E-state index is 6.17. The van der Waals surface area contributed by atoms with Gasteiger partial charge in [-0.25, -0.2) is 0 Å². The number of hydrogen-bond acceptors (Lipinski definition) is 4. The largest absolute Gasteiger partial charge is 0.496 e. The minimum atomic E-state index is -1.20. The van der Waals surface area contributed by atoms with E-state index in [1.165, 1.54) is 64.5 Å². The fraction of sp³-hybridized carbons (Fsp3) is 0.214. The molecule has 62 heavy (non-hydrogen) atoms. The first-order chi connectivity index (χ1) is 29.9. The molecule has 8 aromatic rings. The van der Waals surface area contributed by atoms with Gasteiger partial charge < -0.3 is 18.9 Å². The van der Waals surface area contributed by atoms with Crippen LogP contribution in [0.15, 0.2) is 121 Å². The smallest absolute Gasteiger partial charge is 0.125 e. The van der Waals surface area contributed by atoms with E-state index in [0.717, 1.165) is 67.5 Å². The van der Waals surface area contributed by atoms with Crippen molar-refractivity contribution in [3.8, 4) is 34.1 Å². The molecule has 0 amide bonds. The lowest BCUT2D eigenvalue weighted by Crippen LogP contribution is -2.29. The van der Waals surface area contributed by atoms with E-state index in [1.807, 2.05) is 0 Å². The summed E-state index contributed by atoms with van der Waals surface area (Å²) in [5, 5.41) is 12.4. The Labute approximate surface area is 370 Å². The van der Waals surface area contributed by atoms with Gasteiger partial charge in [-0.05, 0) is 180 Å². The van der Waals surface area contributed by atoms with E-state index in [2.05, 4.69) is 177 Å². The zero-order valence-corrected chi connectivity index (χ0v) is 39.9. The normalized spacial score (nSPS) is 11.5. The zero-order valence-electron chi connectivity index (χ0n) is 38.1. The van der Waals surface area contributed by atoms with Gasteiger partial charge in [-0.1, -0.05) is 121 Å². The van der Waals surface area contributed by atoms with E-state index in [4.69, 9.17) is 18.9 Å². The van der Waals surface area contributed by atoms with Crippen molar-refractivity contribution in [3.63, 3.8) is 0 Å². The molecule has 314 valence electrons. The van der Waals surface area contributed by atoms with Gasteiger partial charge in [0.2, 0.25) is 0 Å². The average molecular weight is 855 g/mol. The number of methoxy groups -OCH3 is 4. The van der Waals surface area contributed by atoms with Crippen LogP contribution in [0.1, 0.15) is 44.5 Å². The van der Waals surface area contributed by atoms with Crippen molar-refractivity contribution in [2.24, 2.45) is 0 Å². The van der Waals surface area contributed by atoms with Gasteiger partial charge in [0.15, 0.2) is 0 Å². The summed E-state index contributed by atoms with van der Waals surface area (Å²) in [6.45, 7) is 17.4. The van der Waals surface area contributed by atoms with Crippen molar-refractivity contribution in [1.82, 2.24) is 0 Å². The van der Waals surface area contributed by atoms with Crippen LogP contribution >= 0.6 is 15.8 Å². The summed E-state index contributed by atoms with van der Waals surface area (Å²) in [5.41, 5.74) is 11.6. The first-order valence-electron chi connectivity index (χ1n) is 21.2. The van der Waals surface area contributed by atoms with Gasteiger partial charge >= 0.3 is 0 Å². The van der Waals surface area contributed by atoms with Crippen molar-refractivity contribution in [2.45, 2.75) is 55.4 Å². The molecule has 0 heterocycles. The van der Waals surface area contributed by atoms with Crippen molar-refractivity contribution in [2.75, 3.05) is 28.4 Å². The highest BCUT2D eigenvalue weighted by Crippen LogP contribution is 2.49. The molecule has 0 radical (unpaired) electrons.